The highest BCUT2D eigenvalue weighted by molar-refractivity contribution is 9.10. The van der Waals surface area contributed by atoms with Crippen molar-refractivity contribution in [3.63, 3.8) is 0 Å². The molecule has 24 heavy (non-hydrogen) atoms. The summed E-state index contributed by atoms with van der Waals surface area (Å²) in [4.78, 5) is 25.2. The summed E-state index contributed by atoms with van der Waals surface area (Å²) in [6.07, 6.45) is 2.61. The maximum atomic E-state index is 12.7. The average Bonchev–Trinajstić information content (AvgIpc) is 3.05. The van der Waals surface area contributed by atoms with Gasteiger partial charge in [0, 0.05) is 29.8 Å². The van der Waals surface area contributed by atoms with Crippen LogP contribution in [0, 0.1) is 0 Å². The van der Waals surface area contributed by atoms with Gasteiger partial charge in [-0.3, -0.25) is 9.69 Å². The van der Waals surface area contributed by atoms with E-state index in [0.29, 0.717) is 36.3 Å². The van der Waals surface area contributed by atoms with Gasteiger partial charge >= 0.3 is 0 Å². The van der Waals surface area contributed by atoms with Crippen LogP contribution < -0.4 is 5.73 Å². The number of benzene rings is 1. The van der Waals surface area contributed by atoms with Crippen LogP contribution in [0.25, 0.3) is 0 Å². The molecule has 0 saturated carbocycles. The average molecular weight is 390 g/mol. The molecule has 1 aliphatic heterocycles. The molecule has 1 amide bonds. The van der Waals surface area contributed by atoms with Gasteiger partial charge in [0.2, 0.25) is 0 Å². The molecule has 2 N–H and O–H groups in total. The molecule has 1 aliphatic rings. The number of anilines is 1. The fourth-order valence-electron chi connectivity index (χ4n) is 2.93. The van der Waals surface area contributed by atoms with E-state index in [1.54, 1.807) is 12.3 Å². The zero-order valence-electron chi connectivity index (χ0n) is 13.5. The van der Waals surface area contributed by atoms with Gasteiger partial charge in [0.05, 0.1) is 12.1 Å². The molecule has 0 aliphatic carbocycles. The molecule has 1 aromatic heterocycles. The van der Waals surface area contributed by atoms with Crippen LogP contribution in [0.15, 0.2) is 41.0 Å². The molecule has 6 nitrogen and oxygen atoms in total. The number of likely N-dealkylation sites (N-methyl/N-ethyl adjacent to an activating group) is 1. The molecule has 2 aromatic rings. The number of rotatable bonds is 4. The number of nitrogens with zero attached hydrogens (tertiary/aromatic N) is 4. The second-order valence-electron chi connectivity index (χ2n) is 5.99. The van der Waals surface area contributed by atoms with Gasteiger partial charge in [0.25, 0.3) is 5.91 Å². The second-order valence-corrected chi connectivity index (χ2v) is 6.84. The Morgan fingerprint density at radius 1 is 1.42 bits per heavy atom. The Morgan fingerprint density at radius 3 is 2.96 bits per heavy atom. The van der Waals surface area contributed by atoms with Crippen LogP contribution in [0.5, 0.6) is 0 Å². The van der Waals surface area contributed by atoms with E-state index in [2.05, 4.69) is 30.8 Å². The molecular weight excluding hydrogens is 370 g/mol. The minimum absolute atomic E-state index is 0.0681. The van der Waals surface area contributed by atoms with Crippen molar-refractivity contribution in [3.05, 3.63) is 52.4 Å². The Kier molecular flexibility index (Phi) is 5.11. The lowest BCUT2D eigenvalue weighted by atomic mass is 10.2. The van der Waals surface area contributed by atoms with Crippen molar-refractivity contribution in [1.29, 1.82) is 0 Å². The van der Waals surface area contributed by atoms with Gasteiger partial charge < -0.3 is 10.6 Å². The van der Waals surface area contributed by atoms with Crippen LogP contribution in [-0.2, 0) is 6.54 Å². The zero-order chi connectivity index (χ0) is 17.1. The molecule has 0 radical (unpaired) electrons. The number of amides is 1. The lowest BCUT2D eigenvalue weighted by Gasteiger charge is -2.24. The van der Waals surface area contributed by atoms with Gasteiger partial charge in [0.15, 0.2) is 0 Å². The third-order valence-corrected chi connectivity index (χ3v) is 4.99. The van der Waals surface area contributed by atoms with Crippen LogP contribution in [-0.4, -0.2) is 51.9 Å². The zero-order valence-corrected chi connectivity index (χ0v) is 15.1. The van der Waals surface area contributed by atoms with Crippen molar-refractivity contribution in [2.75, 3.05) is 25.9 Å². The maximum absolute atomic E-state index is 12.7. The molecule has 1 saturated heterocycles. The Bertz CT molecular complexity index is 738. The first-order chi connectivity index (χ1) is 11.5. The first-order valence-electron chi connectivity index (χ1n) is 7.86. The number of carbonyl (C=O) groups excluding carboxylic acids is 1. The summed E-state index contributed by atoms with van der Waals surface area (Å²) in [7, 11) is 2.03. The summed E-state index contributed by atoms with van der Waals surface area (Å²) in [5.41, 5.74) is 6.41. The molecule has 1 fully saturated rings. The lowest BCUT2D eigenvalue weighted by Crippen LogP contribution is -2.36. The molecule has 126 valence electrons. The van der Waals surface area contributed by atoms with Crippen molar-refractivity contribution >= 4 is 27.7 Å². The standard InChI is InChI=1S/C17H20BrN5O/c1-22(11-16-20-8-6-15(19)21-16)12-7-9-23(10-12)17(24)13-4-2-3-5-14(13)18/h2-6,8,12H,7,9-11H2,1H3,(H2,19,20,21)/t12-/m0/s1. The molecule has 0 bridgehead atoms. The summed E-state index contributed by atoms with van der Waals surface area (Å²) in [5.74, 6) is 1.25. The Morgan fingerprint density at radius 2 is 2.21 bits per heavy atom. The summed E-state index contributed by atoms with van der Waals surface area (Å²) in [6, 6.07) is 9.51. The van der Waals surface area contributed by atoms with Gasteiger partial charge in [-0.1, -0.05) is 12.1 Å². The van der Waals surface area contributed by atoms with E-state index < -0.39 is 0 Å². The number of nitrogen functional groups attached to an aromatic ring is 1. The first-order valence-corrected chi connectivity index (χ1v) is 8.65. The first kappa shape index (κ1) is 16.9. The molecule has 0 spiro atoms. The smallest absolute Gasteiger partial charge is 0.255 e. The van der Waals surface area contributed by atoms with Gasteiger partial charge in [-0.05, 0) is 47.6 Å². The highest BCUT2D eigenvalue weighted by atomic mass is 79.9. The fourth-order valence-corrected chi connectivity index (χ4v) is 3.39. The molecule has 3 rings (SSSR count). The largest absolute Gasteiger partial charge is 0.384 e. The fraction of sp³-hybridized carbons (Fsp3) is 0.353. The van der Waals surface area contributed by atoms with E-state index in [1.807, 2.05) is 36.2 Å². The van der Waals surface area contributed by atoms with Gasteiger partial charge in [-0.15, -0.1) is 0 Å². The number of halogens is 1. The third-order valence-electron chi connectivity index (χ3n) is 4.30. The summed E-state index contributed by atoms with van der Waals surface area (Å²) < 4.78 is 0.833. The van der Waals surface area contributed by atoms with E-state index in [1.165, 1.54) is 0 Å². The summed E-state index contributed by atoms with van der Waals surface area (Å²) in [5, 5.41) is 0. The Balaban J connectivity index is 1.62. The Hall–Kier alpha value is -1.99. The quantitative estimate of drug-likeness (QED) is 0.866. The summed E-state index contributed by atoms with van der Waals surface area (Å²) in [6.45, 7) is 2.08. The van der Waals surface area contributed by atoms with E-state index in [-0.39, 0.29) is 5.91 Å². The minimum atomic E-state index is 0.0681. The van der Waals surface area contributed by atoms with Crippen molar-refractivity contribution in [3.8, 4) is 0 Å². The molecule has 1 aromatic carbocycles. The van der Waals surface area contributed by atoms with E-state index in [0.717, 1.165) is 17.4 Å². The molecule has 7 heteroatoms. The van der Waals surface area contributed by atoms with Crippen LogP contribution in [0.3, 0.4) is 0 Å². The predicted octanol–water partition coefficient (Wildman–Crippen LogP) is 2.17. The monoisotopic (exact) mass is 389 g/mol. The molecule has 1 atom stereocenters. The van der Waals surface area contributed by atoms with Crippen molar-refractivity contribution in [2.24, 2.45) is 0 Å². The highest BCUT2D eigenvalue weighted by Crippen LogP contribution is 2.22. The maximum Gasteiger partial charge on any atom is 0.255 e. The predicted molar refractivity (Wildman–Crippen MR) is 96.4 cm³/mol. The van der Waals surface area contributed by atoms with E-state index in [9.17, 15) is 4.79 Å². The van der Waals surface area contributed by atoms with E-state index in [4.69, 9.17) is 5.73 Å². The van der Waals surface area contributed by atoms with Gasteiger partial charge in [0.1, 0.15) is 11.6 Å². The van der Waals surface area contributed by atoms with Crippen molar-refractivity contribution in [1.82, 2.24) is 19.8 Å². The number of hydrogen-bond donors (Lipinski definition) is 1. The topological polar surface area (TPSA) is 75.4 Å². The second kappa shape index (κ2) is 7.27. The number of hydrogen-bond acceptors (Lipinski definition) is 5. The van der Waals surface area contributed by atoms with Crippen molar-refractivity contribution < 1.29 is 4.79 Å². The Labute approximate surface area is 149 Å². The van der Waals surface area contributed by atoms with Crippen LogP contribution in [0.2, 0.25) is 0 Å². The van der Waals surface area contributed by atoms with Crippen LogP contribution >= 0.6 is 15.9 Å². The van der Waals surface area contributed by atoms with Crippen LogP contribution in [0.1, 0.15) is 22.6 Å². The SMILES string of the molecule is CN(Cc1nccc(N)n1)[C@H]1CCN(C(=O)c2ccccc2Br)C1. The van der Waals surface area contributed by atoms with Crippen molar-refractivity contribution in [2.45, 2.75) is 19.0 Å². The number of carbonyl (C=O) groups is 1. The van der Waals surface area contributed by atoms with Gasteiger partial charge in [-0.25, -0.2) is 9.97 Å². The molecule has 2 heterocycles. The third kappa shape index (κ3) is 3.73. The lowest BCUT2D eigenvalue weighted by molar-refractivity contribution is 0.0778. The van der Waals surface area contributed by atoms with Crippen LogP contribution in [0.4, 0.5) is 5.82 Å². The molecular formula is C17H20BrN5O. The normalized spacial score (nSPS) is 17.5. The molecule has 0 unspecified atom stereocenters. The minimum Gasteiger partial charge on any atom is -0.384 e. The van der Waals surface area contributed by atoms with E-state index >= 15 is 0 Å². The number of aromatic nitrogens is 2. The number of likely N-dealkylation sites (tertiary alicyclic amines) is 1. The number of nitrogens with two attached hydrogens (primary N) is 1. The summed E-state index contributed by atoms with van der Waals surface area (Å²) >= 11 is 3.45. The highest BCUT2D eigenvalue weighted by Gasteiger charge is 2.30. The van der Waals surface area contributed by atoms with Gasteiger partial charge in [-0.2, -0.15) is 0 Å².